The molecule has 0 bridgehead atoms. The minimum absolute atomic E-state index is 0.160. The maximum absolute atomic E-state index is 10.4. The number of carboxylic acids is 2. The van der Waals surface area contributed by atoms with Crippen molar-refractivity contribution < 1.29 is 24.9 Å². The Morgan fingerprint density at radius 2 is 1.45 bits per heavy atom. The second-order valence-electron chi connectivity index (χ2n) is 5.39. The standard InChI is InChI=1S/C9H11NO3.C6H13NO2/c10-8(9(12)13)5-6-1-3-7(11)4-2-6;1-4(2)3-5(7)6(8)9/h1-4,8,11H,5,10H2,(H,12,13);4-5H,3,7H2,1-2H3,(H,8,9). The van der Waals surface area contributed by atoms with Gasteiger partial charge in [0.25, 0.3) is 0 Å². The molecular formula is C15H24N2O5. The summed E-state index contributed by atoms with van der Waals surface area (Å²) < 4.78 is 0. The molecule has 0 aliphatic heterocycles. The number of phenolic OH excluding ortho intramolecular Hbond substituents is 1. The van der Waals surface area contributed by atoms with Gasteiger partial charge >= 0.3 is 11.9 Å². The molecule has 2 atom stereocenters. The highest BCUT2D eigenvalue weighted by Gasteiger charge is 2.12. The van der Waals surface area contributed by atoms with Gasteiger partial charge in [0, 0.05) is 0 Å². The van der Waals surface area contributed by atoms with E-state index in [1.165, 1.54) is 12.1 Å². The SMILES string of the molecule is CC(C)CC(N)C(=O)O.NC(Cc1ccc(O)cc1)C(=O)O. The van der Waals surface area contributed by atoms with Crippen LogP contribution in [-0.2, 0) is 16.0 Å². The van der Waals surface area contributed by atoms with Crippen molar-refractivity contribution in [1.29, 1.82) is 0 Å². The highest BCUT2D eigenvalue weighted by atomic mass is 16.4. The molecule has 2 unspecified atom stereocenters. The van der Waals surface area contributed by atoms with E-state index >= 15 is 0 Å². The Balaban J connectivity index is 0.000000433. The van der Waals surface area contributed by atoms with Gasteiger partial charge in [-0.05, 0) is 36.5 Å². The topological polar surface area (TPSA) is 147 Å². The van der Waals surface area contributed by atoms with E-state index in [2.05, 4.69) is 0 Å². The molecule has 0 amide bonds. The Bertz CT molecular complexity index is 473. The first kappa shape index (κ1) is 19.9. The van der Waals surface area contributed by atoms with Crippen LogP contribution in [-0.4, -0.2) is 39.3 Å². The predicted molar refractivity (Wildman–Crippen MR) is 82.5 cm³/mol. The number of hydrogen-bond donors (Lipinski definition) is 5. The largest absolute Gasteiger partial charge is 0.508 e. The fraction of sp³-hybridized carbons (Fsp3) is 0.467. The Morgan fingerprint density at radius 1 is 1.00 bits per heavy atom. The van der Waals surface area contributed by atoms with Crippen molar-refractivity contribution in [3.8, 4) is 5.75 Å². The lowest BCUT2D eigenvalue weighted by Crippen LogP contribution is -2.32. The number of rotatable bonds is 6. The van der Waals surface area contributed by atoms with Gasteiger partial charge in [0.05, 0.1) is 0 Å². The molecule has 0 saturated heterocycles. The highest BCUT2D eigenvalue weighted by Crippen LogP contribution is 2.10. The van der Waals surface area contributed by atoms with Gasteiger partial charge in [0.15, 0.2) is 0 Å². The highest BCUT2D eigenvalue weighted by molar-refractivity contribution is 5.73. The van der Waals surface area contributed by atoms with Gasteiger partial charge in [-0.2, -0.15) is 0 Å². The molecule has 124 valence electrons. The number of hydrogen-bond acceptors (Lipinski definition) is 5. The van der Waals surface area contributed by atoms with E-state index in [1.54, 1.807) is 12.1 Å². The van der Waals surface area contributed by atoms with Crippen LogP contribution in [0.1, 0.15) is 25.8 Å². The maximum Gasteiger partial charge on any atom is 0.320 e. The summed E-state index contributed by atoms with van der Waals surface area (Å²) in [4.78, 5) is 20.5. The molecule has 7 nitrogen and oxygen atoms in total. The molecule has 22 heavy (non-hydrogen) atoms. The summed E-state index contributed by atoms with van der Waals surface area (Å²) in [7, 11) is 0. The van der Waals surface area contributed by atoms with Crippen LogP contribution in [0.3, 0.4) is 0 Å². The van der Waals surface area contributed by atoms with Crippen molar-refractivity contribution in [2.45, 2.75) is 38.8 Å². The number of carboxylic acid groups (broad SMARTS) is 2. The second kappa shape index (κ2) is 9.75. The number of phenols is 1. The van der Waals surface area contributed by atoms with Crippen molar-refractivity contribution in [2.24, 2.45) is 17.4 Å². The van der Waals surface area contributed by atoms with Gasteiger partial charge in [0.2, 0.25) is 0 Å². The lowest BCUT2D eigenvalue weighted by atomic mass is 10.1. The summed E-state index contributed by atoms with van der Waals surface area (Å²) in [5, 5.41) is 25.8. The molecule has 0 spiro atoms. The molecule has 1 rings (SSSR count). The van der Waals surface area contributed by atoms with Crippen LogP contribution < -0.4 is 11.5 Å². The molecule has 0 aliphatic rings. The van der Waals surface area contributed by atoms with E-state index in [0.29, 0.717) is 12.3 Å². The number of carbonyl (C=O) groups is 2. The normalized spacial score (nSPS) is 13.0. The van der Waals surface area contributed by atoms with Crippen LogP contribution in [0.5, 0.6) is 5.75 Å². The third-order valence-electron chi connectivity index (χ3n) is 2.75. The average Bonchev–Trinajstić information content (AvgIpc) is 2.41. The second-order valence-corrected chi connectivity index (χ2v) is 5.39. The third-order valence-corrected chi connectivity index (χ3v) is 2.75. The Hall–Kier alpha value is -2.12. The first-order valence-electron chi connectivity index (χ1n) is 6.88. The van der Waals surface area contributed by atoms with Crippen molar-refractivity contribution in [3.05, 3.63) is 29.8 Å². The summed E-state index contributed by atoms with van der Waals surface area (Å²) in [6.07, 6.45) is 0.824. The predicted octanol–water partition coefficient (Wildman–Crippen LogP) is 0.791. The molecular weight excluding hydrogens is 288 g/mol. The van der Waals surface area contributed by atoms with Gasteiger partial charge in [-0.3, -0.25) is 9.59 Å². The summed E-state index contributed by atoms with van der Waals surface area (Å²) in [6, 6.07) is 4.74. The van der Waals surface area contributed by atoms with Crippen LogP contribution >= 0.6 is 0 Å². The summed E-state index contributed by atoms with van der Waals surface area (Å²) in [6.45, 7) is 3.89. The first-order valence-corrected chi connectivity index (χ1v) is 6.88. The molecule has 0 aromatic heterocycles. The molecule has 0 aliphatic carbocycles. The van der Waals surface area contributed by atoms with Gasteiger partial charge < -0.3 is 26.8 Å². The van der Waals surface area contributed by atoms with Crippen LogP contribution in [0.4, 0.5) is 0 Å². The Labute approximate surface area is 129 Å². The quantitative estimate of drug-likeness (QED) is 0.521. The summed E-state index contributed by atoms with van der Waals surface area (Å²) in [5.41, 5.74) is 11.3. The molecule has 0 radical (unpaired) electrons. The summed E-state index contributed by atoms with van der Waals surface area (Å²) >= 11 is 0. The average molecular weight is 312 g/mol. The van der Waals surface area contributed by atoms with Gasteiger partial charge in [-0.25, -0.2) is 0 Å². The monoisotopic (exact) mass is 312 g/mol. The molecule has 0 fully saturated rings. The fourth-order valence-electron chi connectivity index (χ4n) is 1.58. The third kappa shape index (κ3) is 8.93. The van der Waals surface area contributed by atoms with Gasteiger partial charge in [0.1, 0.15) is 17.8 Å². The zero-order valence-corrected chi connectivity index (χ0v) is 12.8. The number of aliphatic carboxylic acids is 2. The van der Waals surface area contributed by atoms with Crippen LogP contribution in [0.25, 0.3) is 0 Å². The molecule has 7 heteroatoms. The zero-order valence-electron chi connectivity index (χ0n) is 12.8. The first-order chi connectivity index (χ1) is 10.1. The lowest BCUT2D eigenvalue weighted by molar-refractivity contribution is -0.139. The lowest BCUT2D eigenvalue weighted by Gasteiger charge is -2.07. The Morgan fingerprint density at radius 3 is 1.77 bits per heavy atom. The summed E-state index contributed by atoms with van der Waals surface area (Å²) in [5.74, 6) is -1.42. The maximum atomic E-state index is 10.4. The van der Waals surface area contributed by atoms with E-state index in [1.807, 2.05) is 13.8 Å². The number of aromatic hydroxyl groups is 1. The van der Waals surface area contributed by atoms with Crippen LogP contribution in [0.15, 0.2) is 24.3 Å². The van der Waals surface area contributed by atoms with Crippen LogP contribution in [0, 0.1) is 5.92 Å². The van der Waals surface area contributed by atoms with Crippen molar-refractivity contribution >= 4 is 11.9 Å². The smallest absolute Gasteiger partial charge is 0.320 e. The van der Waals surface area contributed by atoms with Gasteiger partial charge in [-0.15, -0.1) is 0 Å². The van der Waals surface area contributed by atoms with E-state index in [9.17, 15) is 9.59 Å². The van der Waals surface area contributed by atoms with Crippen molar-refractivity contribution in [1.82, 2.24) is 0 Å². The van der Waals surface area contributed by atoms with E-state index in [4.69, 9.17) is 26.8 Å². The fourth-order valence-corrected chi connectivity index (χ4v) is 1.58. The van der Waals surface area contributed by atoms with Crippen molar-refractivity contribution in [3.63, 3.8) is 0 Å². The molecule has 1 aromatic rings. The van der Waals surface area contributed by atoms with E-state index in [-0.39, 0.29) is 12.2 Å². The Kier molecular flexibility index (Phi) is 8.81. The molecule has 0 saturated carbocycles. The van der Waals surface area contributed by atoms with Gasteiger partial charge in [-0.1, -0.05) is 26.0 Å². The van der Waals surface area contributed by atoms with Crippen LogP contribution in [0.2, 0.25) is 0 Å². The number of nitrogens with two attached hydrogens (primary N) is 2. The van der Waals surface area contributed by atoms with E-state index < -0.39 is 24.0 Å². The zero-order chi connectivity index (χ0) is 17.3. The minimum atomic E-state index is -1.02. The molecule has 0 heterocycles. The van der Waals surface area contributed by atoms with Crippen molar-refractivity contribution in [2.75, 3.05) is 0 Å². The molecule has 1 aromatic carbocycles. The minimum Gasteiger partial charge on any atom is -0.508 e. The van der Waals surface area contributed by atoms with E-state index in [0.717, 1.165) is 5.56 Å². The molecule has 7 N–H and O–H groups in total. The number of benzene rings is 1.